The summed E-state index contributed by atoms with van der Waals surface area (Å²) < 4.78 is 0. The van der Waals surface area contributed by atoms with E-state index in [1.165, 1.54) is 37.8 Å². The topological polar surface area (TPSA) is 39.1 Å². The van der Waals surface area contributed by atoms with Crippen molar-refractivity contribution in [2.24, 2.45) is 0 Å². The Bertz CT molecular complexity index is 507. The minimum Gasteiger partial charge on any atom is -0.367 e. The van der Waals surface area contributed by atoms with Crippen molar-refractivity contribution in [3.8, 4) is 6.07 Å². The van der Waals surface area contributed by atoms with Gasteiger partial charge in [-0.1, -0.05) is 6.42 Å². The molecule has 2 fully saturated rings. The van der Waals surface area contributed by atoms with Crippen molar-refractivity contribution in [1.82, 2.24) is 5.32 Å². The Balaban J connectivity index is 1.76. The second-order valence-corrected chi connectivity index (χ2v) is 6.14. The average molecular weight is 269 g/mol. The van der Waals surface area contributed by atoms with Crippen molar-refractivity contribution in [1.29, 1.82) is 5.26 Å². The smallest absolute Gasteiger partial charge is 0.0994 e. The van der Waals surface area contributed by atoms with E-state index >= 15 is 0 Å². The van der Waals surface area contributed by atoms with Crippen molar-refractivity contribution in [3.63, 3.8) is 0 Å². The van der Waals surface area contributed by atoms with Gasteiger partial charge in [-0.2, -0.15) is 5.26 Å². The fourth-order valence-electron chi connectivity index (χ4n) is 3.12. The Kier molecular flexibility index (Phi) is 3.93. The molecule has 3 rings (SSSR count). The first-order valence-electron chi connectivity index (χ1n) is 7.78. The van der Waals surface area contributed by atoms with Crippen LogP contribution in [-0.4, -0.2) is 25.2 Å². The van der Waals surface area contributed by atoms with E-state index in [-0.39, 0.29) is 0 Å². The van der Waals surface area contributed by atoms with Crippen molar-refractivity contribution >= 4 is 5.69 Å². The van der Waals surface area contributed by atoms with Gasteiger partial charge in [0.05, 0.1) is 11.6 Å². The molecule has 2 aliphatic rings. The number of nitriles is 1. The van der Waals surface area contributed by atoms with E-state index in [4.69, 9.17) is 5.26 Å². The second-order valence-electron chi connectivity index (χ2n) is 6.14. The molecule has 1 aromatic rings. The number of piperidine rings is 1. The van der Waals surface area contributed by atoms with E-state index < -0.39 is 0 Å². The molecule has 1 atom stereocenters. The van der Waals surface area contributed by atoms with E-state index in [0.29, 0.717) is 12.1 Å². The van der Waals surface area contributed by atoms with Crippen LogP contribution in [0.15, 0.2) is 18.2 Å². The van der Waals surface area contributed by atoms with Crippen LogP contribution in [0.1, 0.15) is 43.2 Å². The molecular formula is C17H23N3. The van der Waals surface area contributed by atoms with Crippen LogP contribution >= 0.6 is 0 Å². The Morgan fingerprint density at radius 1 is 1.30 bits per heavy atom. The molecule has 1 unspecified atom stereocenters. The van der Waals surface area contributed by atoms with Gasteiger partial charge in [0.2, 0.25) is 0 Å². The van der Waals surface area contributed by atoms with Crippen LogP contribution in [0.4, 0.5) is 5.69 Å². The van der Waals surface area contributed by atoms with Gasteiger partial charge in [-0.3, -0.25) is 0 Å². The van der Waals surface area contributed by atoms with Crippen LogP contribution < -0.4 is 10.2 Å². The van der Waals surface area contributed by atoms with E-state index in [1.54, 1.807) is 0 Å². The summed E-state index contributed by atoms with van der Waals surface area (Å²) in [4.78, 5) is 2.55. The third kappa shape index (κ3) is 2.96. The first kappa shape index (κ1) is 13.5. The standard InChI is InChI=1S/C17H23N3/c1-13-10-17(6-5-14(13)11-18)20(16-7-8-16)12-15-4-2-3-9-19-15/h5-6,10,15-16,19H,2-4,7-9,12H2,1H3. The van der Waals surface area contributed by atoms with Crippen LogP contribution in [0.5, 0.6) is 0 Å². The molecule has 0 radical (unpaired) electrons. The molecule has 1 saturated carbocycles. The highest BCUT2D eigenvalue weighted by Gasteiger charge is 2.31. The molecule has 106 valence electrons. The molecule has 1 heterocycles. The third-order valence-corrected chi connectivity index (χ3v) is 4.48. The van der Waals surface area contributed by atoms with Crippen LogP contribution in [0.3, 0.4) is 0 Å². The first-order valence-corrected chi connectivity index (χ1v) is 7.78. The van der Waals surface area contributed by atoms with Crippen LogP contribution in [-0.2, 0) is 0 Å². The predicted molar refractivity (Wildman–Crippen MR) is 81.9 cm³/mol. The molecule has 3 nitrogen and oxygen atoms in total. The van der Waals surface area contributed by atoms with E-state index in [0.717, 1.165) is 24.2 Å². The van der Waals surface area contributed by atoms with Crippen LogP contribution in [0, 0.1) is 18.3 Å². The summed E-state index contributed by atoms with van der Waals surface area (Å²) in [5.74, 6) is 0. The summed E-state index contributed by atoms with van der Waals surface area (Å²) in [5, 5.41) is 12.7. The highest BCUT2D eigenvalue weighted by atomic mass is 15.2. The Morgan fingerprint density at radius 2 is 2.15 bits per heavy atom. The number of nitrogens with zero attached hydrogens (tertiary/aromatic N) is 2. The fourth-order valence-corrected chi connectivity index (χ4v) is 3.12. The van der Waals surface area contributed by atoms with E-state index in [2.05, 4.69) is 28.4 Å². The van der Waals surface area contributed by atoms with Gasteiger partial charge in [0.15, 0.2) is 0 Å². The summed E-state index contributed by atoms with van der Waals surface area (Å²) in [7, 11) is 0. The summed E-state index contributed by atoms with van der Waals surface area (Å²) in [5.41, 5.74) is 3.17. The lowest BCUT2D eigenvalue weighted by Gasteiger charge is -2.32. The SMILES string of the molecule is Cc1cc(N(CC2CCCCN2)C2CC2)ccc1C#N. The number of anilines is 1. The zero-order valence-electron chi connectivity index (χ0n) is 12.2. The maximum Gasteiger partial charge on any atom is 0.0994 e. The molecule has 20 heavy (non-hydrogen) atoms. The van der Waals surface area contributed by atoms with Crippen molar-refractivity contribution in [3.05, 3.63) is 29.3 Å². The van der Waals surface area contributed by atoms with Gasteiger partial charge in [-0.15, -0.1) is 0 Å². The molecule has 1 aliphatic carbocycles. The summed E-state index contributed by atoms with van der Waals surface area (Å²) in [6.07, 6.45) is 6.58. The van der Waals surface area contributed by atoms with Crippen molar-refractivity contribution < 1.29 is 0 Å². The van der Waals surface area contributed by atoms with Gasteiger partial charge in [-0.25, -0.2) is 0 Å². The van der Waals surface area contributed by atoms with E-state index in [9.17, 15) is 0 Å². The molecule has 1 N–H and O–H groups in total. The van der Waals surface area contributed by atoms with Gasteiger partial charge in [-0.05, 0) is 62.9 Å². The Morgan fingerprint density at radius 3 is 2.75 bits per heavy atom. The molecular weight excluding hydrogens is 246 g/mol. The van der Waals surface area contributed by atoms with Crippen molar-refractivity contribution in [2.45, 2.75) is 51.1 Å². The molecule has 1 aliphatic heterocycles. The highest BCUT2D eigenvalue weighted by Crippen LogP contribution is 2.33. The summed E-state index contributed by atoms with van der Waals surface area (Å²) in [6.45, 7) is 4.30. The van der Waals surface area contributed by atoms with Crippen LogP contribution in [0.25, 0.3) is 0 Å². The van der Waals surface area contributed by atoms with Gasteiger partial charge in [0, 0.05) is 24.3 Å². The lowest BCUT2D eigenvalue weighted by Crippen LogP contribution is -2.44. The summed E-state index contributed by atoms with van der Waals surface area (Å²) in [6, 6.07) is 9.86. The molecule has 0 amide bonds. The predicted octanol–water partition coefficient (Wildman–Crippen LogP) is 2.98. The molecule has 1 saturated heterocycles. The molecule has 3 heteroatoms. The number of rotatable bonds is 4. The molecule has 1 aromatic carbocycles. The zero-order chi connectivity index (χ0) is 13.9. The minimum atomic E-state index is 0.625. The van der Waals surface area contributed by atoms with Crippen molar-refractivity contribution in [2.75, 3.05) is 18.0 Å². The number of hydrogen-bond donors (Lipinski definition) is 1. The normalized spacial score (nSPS) is 22.3. The Labute approximate surface area is 121 Å². The number of benzene rings is 1. The van der Waals surface area contributed by atoms with Gasteiger partial charge >= 0.3 is 0 Å². The maximum atomic E-state index is 9.06. The number of aryl methyl sites for hydroxylation is 1. The molecule has 0 spiro atoms. The number of nitrogens with one attached hydrogen (secondary N) is 1. The summed E-state index contributed by atoms with van der Waals surface area (Å²) >= 11 is 0. The monoisotopic (exact) mass is 269 g/mol. The largest absolute Gasteiger partial charge is 0.367 e. The van der Waals surface area contributed by atoms with Crippen LogP contribution in [0.2, 0.25) is 0 Å². The average Bonchev–Trinajstić information content (AvgIpc) is 3.30. The minimum absolute atomic E-state index is 0.625. The lowest BCUT2D eigenvalue weighted by atomic mass is 10.0. The zero-order valence-corrected chi connectivity index (χ0v) is 12.2. The maximum absolute atomic E-state index is 9.06. The molecule has 0 bridgehead atoms. The van der Waals surface area contributed by atoms with Gasteiger partial charge < -0.3 is 10.2 Å². The molecule has 0 aromatic heterocycles. The Hall–Kier alpha value is -1.53. The second kappa shape index (κ2) is 5.85. The quantitative estimate of drug-likeness (QED) is 0.913. The highest BCUT2D eigenvalue weighted by molar-refractivity contribution is 5.55. The number of hydrogen-bond acceptors (Lipinski definition) is 3. The lowest BCUT2D eigenvalue weighted by molar-refractivity contribution is 0.398. The third-order valence-electron chi connectivity index (χ3n) is 4.48. The van der Waals surface area contributed by atoms with E-state index in [1.807, 2.05) is 13.0 Å². The fraction of sp³-hybridized carbons (Fsp3) is 0.588. The first-order chi connectivity index (χ1) is 9.78. The van der Waals surface area contributed by atoms with Gasteiger partial charge in [0.1, 0.15) is 0 Å². The van der Waals surface area contributed by atoms with Gasteiger partial charge in [0.25, 0.3) is 0 Å².